The van der Waals surface area contributed by atoms with Crippen LogP contribution in [-0.2, 0) is 19.4 Å². The lowest BCUT2D eigenvalue weighted by atomic mass is 10.5. The predicted octanol–water partition coefficient (Wildman–Crippen LogP) is 0.896. The fourth-order valence-corrected chi connectivity index (χ4v) is 2.05. The largest absolute Gasteiger partial charge is 0.390 e. The minimum absolute atomic E-state index is 0.00855. The van der Waals surface area contributed by atoms with Crippen LogP contribution in [0.4, 0.5) is 0 Å². The maximum absolute atomic E-state index is 9.01. The van der Waals surface area contributed by atoms with Gasteiger partial charge < -0.3 is 14.2 Å². The molecule has 6 nitrogen and oxygen atoms in total. The monoisotopic (exact) mass is 240 g/mol. The molecular weight excluding hydrogens is 228 g/mol. The Kier molecular flexibility index (Phi) is 3.25. The molecule has 2 rings (SSSR count). The van der Waals surface area contributed by atoms with Gasteiger partial charge in [0.1, 0.15) is 0 Å². The normalized spacial score (nSPS) is 10.9. The number of hydrogen-bond acceptors (Lipinski definition) is 6. The van der Waals surface area contributed by atoms with Crippen LogP contribution in [0.25, 0.3) is 0 Å². The number of hydrogen-bond donors (Lipinski definition) is 1. The van der Waals surface area contributed by atoms with E-state index in [1.807, 2.05) is 11.6 Å². The Bertz CT molecular complexity index is 480. The van der Waals surface area contributed by atoms with E-state index in [1.165, 1.54) is 11.8 Å². The summed E-state index contributed by atoms with van der Waals surface area (Å²) in [7, 11) is 1.86. The summed E-state index contributed by atoms with van der Waals surface area (Å²) >= 11 is 1.51. The van der Waals surface area contributed by atoms with Crippen molar-refractivity contribution in [3.05, 3.63) is 23.6 Å². The Balaban J connectivity index is 2.02. The molecule has 0 amide bonds. The Morgan fingerprint density at radius 3 is 2.94 bits per heavy atom. The van der Waals surface area contributed by atoms with Crippen LogP contribution in [-0.4, -0.2) is 24.8 Å². The van der Waals surface area contributed by atoms with Gasteiger partial charge in [-0.05, 0) is 0 Å². The van der Waals surface area contributed by atoms with Crippen LogP contribution in [0.5, 0.6) is 0 Å². The van der Waals surface area contributed by atoms with E-state index in [9.17, 15) is 0 Å². The number of aromatic nitrogens is 4. The van der Waals surface area contributed by atoms with Gasteiger partial charge in [-0.1, -0.05) is 16.9 Å². The molecule has 2 aromatic heterocycles. The molecule has 0 radical (unpaired) electrons. The van der Waals surface area contributed by atoms with Crippen LogP contribution >= 0.6 is 11.8 Å². The number of thioether (sulfide) groups is 1. The molecule has 0 saturated carbocycles. The number of imidazole rings is 1. The van der Waals surface area contributed by atoms with E-state index in [0.717, 1.165) is 10.9 Å². The van der Waals surface area contributed by atoms with Crippen LogP contribution in [0.3, 0.4) is 0 Å². The standard InChI is InChI=1S/C9H12N4O2S/c1-6-11-8(12-15-6)5-16-9-10-3-7(4-14)13(9)2/h3,14H,4-5H2,1-2H3. The second-order valence-electron chi connectivity index (χ2n) is 3.27. The molecule has 0 aliphatic rings. The van der Waals surface area contributed by atoms with Gasteiger partial charge in [0.15, 0.2) is 11.0 Å². The highest BCUT2D eigenvalue weighted by atomic mass is 32.2. The average molecular weight is 240 g/mol. The first-order valence-corrected chi connectivity index (χ1v) is 5.72. The van der Waals surface area contributed by atoms with Gasteiger partial charge in [-0.3, -0.25) is 0 Å². The molecule has 0 fully saturated rings. The third-order valence-corrected chi connectivity index (χ3v) is 3.14. The summed E-state index contributed by atoms with van der Waals surface area (Å²) in [6.45, 7) is 1.75. The van der Waals surface area contributed by atoms with Crippen LogP contribution in [0.1, 0.15) is 17.4 Å². The molecule has 0 aliphatic heterocycles. The summed E-state index contributed by atoms with van der Waals surface area (Å²) in [5, 5.41) is 13.6. The number of aliphatic hydroxyl groups is 1. The Labute approximate surface area is 96.7 Å². The summed E-state index contributed by atoms with van der Waals surface area (Å²) in [6.07, 6.45) is 1.66. The van der Waals surface area contributed by atoms with E-state index >= 15 is 0 Å². The van der Waals surface area contributed by atoms with E-state index in [-0.39, 0.29) is 6.61 Å². The Morgan fingerprint density at radius 2 is 2.38 bits per heavy atom. The van der Waals surface area contributed by atoms with E-state index in [1.54, 1.807) is 13.1 Å². The van der Waals surface area contributed by atoms with Crippen LogP contribution in [0.15, 0.2) is 15.9 Å². The summed E-state index contributed by atoms with van der Waals surface area (Å²) < 4.78 is 6.71. The number of nitrogens with zero attached hydrogens (tertiary/aromatic N) is 4. The first kappa shape index (κ1) is 11.2. The maximum Gasteiger partial charge on any atom is 0.223 e. The lowest BCUT2D eigenvalue weighted by Crippen LogP contribution is -1.97. The molecule has 0 saturated heterocycles. The highest BCUT2D eigenvalue weighted by Gasteiger charge is 2.08. The predicted molar refractivity (Wildman–Crippen MR) is 57.7 cm³/mol. The second kappa shape index (κ2) is 4.67. The van der Waals surface area contributed by atoms with Crippen molar-refractivity contribution in [3.63, 3.8) is 0 Å². The van der Waals surface area contributed by atoms with Crippen molar-refractivity contribution in [1.82, 2.24) is 19.7 Å². The third-order valence-electron chi connectivity index (χ3n) is 2.10. The van der Waals surface area contributed by atoms with E-state index < -0.39 is 0 Å². The van der Waals surface area contributed by atoms with Gasteiger partial charge in [0.25, 0.3) is 0 Å². The number of rotatable bonds is 4. The first-order valence-electron chi connectivity index (χ1n) is 4.74. The molecule has 0 spiro atoms. The van der Waals surface area contributed by atoms with Gasteiger partial charge >= 0.3 is 0 Å². The van der Waals surface area contributed by atoms with Crippen molar-refractivity contribution in [2.24, 2.45) is 7.05 Å². The minimum atomic E-state index is -0.00855. The summed E-state index contributed by atoms with van der Waals surface area (Å²) in [4.78, 5) is 8.29. The summed E-state index contributed by atoms with van der Waals surface area (Å²) in [5.74, 6) is 1.81. The topological polar surface area (TPSA) is 77.0 Å². The molecule has 0 bridgehead atoms. The maximum atomic E-state index is 9.01. The fourth-order valence-electron chi connectivity index (χ4n) is 1.24. The van der Waals surface area contributed by atoms with Gasteiger partial charge in [-0.25, -0.2) is 4.98 Å². The van der Waals surface area contributed by atoms with Gasteiger partial charge in [0, 0.05) is 14.0 Å². The Hall–Kier alpha value is -1.34. The van der Waals surface area contributed by atoms with Crippen molar-refractivity contribution in [2.45, 2.75) is 24.4 Å². The van der Waals surface area contributed by atoms with Gasteiger partial charge in [-0.2, -0.15) is 4.98 Å². The molecule has 1 N–H and O–H groups in total. The molecule has 0 unspecified atom stereocenters. The Morgan fingerprint density at radius 1 is 1.56 bits per heavy atom. The van der Waals surface area contributed by atoms with E-state index in [0.29, 0.717) is 17.5 Å². The molecule has 2 heterocycles. The zero-order valence-electron chi connectivity index (χ0n) is 9.04. The second-order valence-corrected chi connectivity index (χ2v) is 4.21. The number of aryl methyl sites for hydroxylation is 1. The third kappa shape index (κ3) is 2.25. The van der Waals surface area contributed by atoms with Crippen LogP contribution < -0.4 is 0 Å². The smallest absolute Gasteiger partial charge is 0.223 e. The van der Waals surface area contributed by atoms with E-state index in [4.69, 9.17) is 9.63 Å². The molecule has 16 heavy (non-hydrogen) atoms. The molecule has 2 aromatic rings. The molecule has 86 valence electrons. The van der Waals surface area contributed by atoms with Crippen molar-refractivity contribution < 1.29 is 9.63 Å². The average Bonchev–Trinajstić information content (AvgIpc) is 2.83. The highest BCUT2D eigenvalue weighted by Crippen LogP contribution is 2.20. The van der Waals surface area contributed by atoms with Gasteiger partial charge in [0.05, 0.1) is 24.3 Å². The molecule has 0 aliphatic carbocycles. The zero-order valence-corrected chi connectivity index (χ0v) is 9.86. The molecule has 7 heteroatoms. The van der Waals surface area contributed by atoms with Crippen molar-refractivity contribution in [3.8, 4) is 0 Å². The zero-order chi connectivity index (χ0) is 11.5. The fraction of sp³-hybridized carbons (Fsp3) is 0.444. The molecule has 0 aromatic carbocycles. The van der Waals surface area contributed by atoms with Gasteiger partial charge in [-0.15, -0.1) is 0 Å². The van der Waals surface area contributed by atoms with Crippen LogP contribution in [0.2, 0.25) is 0 Å². The van der Waals surface area contributed by atoms with Gasteiger partial charge in [0.2, 0.25) is 5.89 Å². The van der Waals surface area contributed by atoms with Crippen molar-refractivity contribution in [1.29, 1.82) is 0 Å². The minimum Gasteiger partial charge on any atom is -0.390 e. The summed E-state index contributed by atoms with van der Waals surface area (Å²) in [6, 6.07) is 0. The summed E-state index contributed by atoms with van der Waals surface area (Å²) in [5.41, 5.74) is 0.784. The van der Waals surface area contributed by atoms with Crippen molar-refractivity contribution >= 4 is 11.8 Å². The quantitative estimate of drug-likeness (QED) is 0.800. The lowest BCUT2D eigenvalue weighted by Gasteiger charge is -2.01. The molecular formula is C9H12N4O2S. The van der Waals surface area contributed by atoms with Crippen LogP contribution in [0, 0.1) is 6.92 Å². The van der Waals surface area contributed by atoms with E-state index in [2.05, 4.69) is 15.1 Å². The first-order chi connectivity index (χ1) is 7.70. The highest BCUT2D eigenvalue weighted by molar-refractivity contribution is 7.98. The lowest BCUT2D eigenvalue weighted by molar-refractivity contribution is 0.271. The number of aliphatic hydroxyl groups excluding tert-OH is 1. The molecule has 0 atom stereocenters. The SMILES string of the molecule is Cc1nc(CSc2ncc(CO)n2C)no1. The van der Waals surface area contributed by atoms with Crippen molar-refractivity contribution in [2.75, 3.05) is 0 Å².